The first kappa shape index (κ1) is 18.2. The Labute approximate surface area is 163 Å². The Balaban J connectivity index is 1.58. The van der Waals surface area contributed by atoms with Crippen LogP contribution in [0.3, 0.4) is 0 Å². The second-order valence-electron chi connectivity index (χ2n) is 7.07. The maximum atomic E-state index is 12.7. The number of carbonyl (C=O) groups excluding carboxylic acids is 2. The van der Waals surface area contributed by atoms with Crippen LogP contribution in [0.4, 0.5) is 0 Å². The molecule has 1 aliphatic heterocycles. The van der Waals surface area contributed by atoms with E-state index in [1.807, 2.05) is 38.1 Å². The zero-order valence-corrected chi connectivity index (χ0v) is 16.0. The summed E-state index contributed by atoms with van der Waals surface area (Å²) < 4.78 is 11.4. The van der Waals surface area contributed by atoms with Crippen molar-refractivity contribution in [2.45, 2.75) is 39.3 Å². The average Bonchev–Trinajstić information content (AvgIpc) is 3.12. The molecule has 0 bridgehead atoms. The number of furan rings is 1. The van der Waals surface area contributed by atoms with E-state index in [2.05, 4.69) is 4.98 Å². The third-order valence-corrected chi connectivity index (χ3v) is 5.12. The lowest BCUT2D eigenvalue weighted by atomic mass is 10.0. The monoisotopic (exact) mass is 378 g/mol. The van der Waals surface area contributed by atoms with E-state index in [1.165, 1.54) is 0 Å². The van der Waals surface area contributed by atoms with Crippen LogP contribution in [0.25, 0.3) is 11.0 Å². The number of aromatic nitrogens is 1. The number of ether oxygens (including phenoxy) is 1. The number of para-hydroxylation sites is 1. The van der Waals surface area contributed by atoms with E-state index in [-0.39, 0.29) is 12.0 Å². The fourth-order valence-electron chi connectivity index (χ4n) is 3.38. The maximum Gasteiger partial charge on any atom is 0.342 e. The van der Waals surface area contributed by atoms with Gasteiger partial charge in [-0.05, 0) is 43.5 Å². The van der Waals surface area contributed by atoms with Crippen molar-refractivity contribution >= 4 is 22.8 Å². The van der Waals surface area contributed by atoms with Gasteiger partial charge in [0.25, 0.3) is 5.91 Å². The van der Waals surface area contributed by atoms with Gasteiger partial charge in [-0.25, -0.2) is 4.79 Å². The van der Waals surface area contributed by atoms with Gasteiger partial charge in [0.1, 0.15) is 16.9 Å². The number of esters is 1. The first-order valence-corrected chi connectivity index (χ1v) is 9.51. The van der Waals surface area contributed by atoms with Gasteiger partial charge in [-0.2, -0.15) is 0 Å². The standard InChI is InChI=1S/C22H22N2O4/c1-3-14(2)27-22(26)18-6-4-5-16-11-17(28-20(16)18)13-24-10-8-15-7-9-23-12-19(15)21(24)25/h4-7,9,11-12,14H,3,8,10,13H2,1-2H3. The Morgan fingerprint density at radius 3 is 3.04 bits per heavy atom. The topological polar surface area (TPSA) is 72.6 Å². The number of pyridine rings is 1. The first-order chi connectivity index (χ1) is 13.6. The van der Waals surface area contributed by atoms with Gasteiger partial charge >= 0.3 is 5.97 Å². The summed E-state index contributed by atoms with van der Waals surface area (Å²) in [5.74, 6) is 0.195. The summed E-state index contributed by atoms with van der Waals surface area (Å²) in [6.07, 6.45) is 4.71. The van der Waals surface area contributed by atoms with Gasteiger partial charge in [-0.3, -0.25) is 9.78 Å². The molecule has 6 nitrogen and oxygen atoms in total. The SMILES string of the molecule is CCC(C)OC(=O)c1cccc2cc(CN3CCc4ccncc4C3=O)oc12. The summed E-state index contributed by atoms with van der Waals surface area (Å²) in [6.45, 7) is 4.80. The molecule has 1 aromatic carbocycles. The highest BCUT2D eigenvalue weighted by Gasteiger charge is 2.26. The highest BCUT2D eigenvalue weighted by molar-refractivity contribution is 6.02. The van der Waals surface area contributed by atoms with E-state index in [0.717, 1.165) is 23.8 Å². The second-order valence-corrected chi connectivity index (χ2v) is 7.07. The number of carbonyl (C=O) groups is 2. The van der Waals surface area contributed by atoms with Crippen molar-refractivity contribution in [2.24, 2.45) is 0 Å². The summed E-state index contributed by atoms with van der Waals surface area (Å²) >= 11 is 0. The van der Waals surface area contributed by atoms with E-state index in [1.54, 1.807) is 23.4 Å². The van der Waals surface area contributed by atoms with Crippen LogP contribution in [0, 0.1) is 0 Å². The van der Waals surface area contributed by atoms with Crippen molar-refractivity contribution in [3.8, 4) is 0 Å². The largest absolute Gasteiger partial charge is 0.459 e. The molecule has 0 saturated carbocycles. The summed E-state index contributed by atoms with van der Waals surface area (Å²) in [5, 5.41) is 0.820. The Morgan fingerprint density at radius 1 is 1.36 bits per heavy atom. The normalized spacial score (nSPS) is 14.8. The molecule has 3 aromatic rings. The number of fused-ring (bicyclic) bond motifs is 2. The van der Waals surface area contributed by atoms with Crippen molar-refractivity contribution in [1.82, 2.24) is 9.88 Å². The van der Waals surface area contributed by atoms with E-state index in [0.29, 0.717) is 35.6 Å². The van der Waals surface area contributed by atoms with Gasteiger partial charge in [0.15, 0.2) is 0 Å². The van der Waals surface area contributed by atoms with Crippen LogP contribution in [-0.2, 0) is 17.7 Å². The summed E-state index contributed by atoms with van der Waals surface area (Å²) in [5.41, 5.74) is 2.57. The van der Waals surface area contributed by atoms with Crippen LogP contribution in [0.5, 0.6) is 0 Å². The molecule has 1 unspecified atom stereocenters. The third kappa shape index (κ3) is 3.38. The molecular formula is C22H22N2O4. The summed E-state index contributed by atoms with van der Waals surface area (Å²) in [6, 6.07) is 9.17. The van der Waals surface area contributed by atoms with Crippen molar-refractivity contribution < 1.29 is 18.7 Å². The number of amides is 1. The molecule has 0 spiro atoms. The predicted octanol–water partition coefficient (Wildman–Crippen LogP) is 3.98. The molecule has 1 aliphatic rings. The van der Waals surface area contributed by atoms with Crippen LogP contribution in [0.1, 0.15) is 52.3 Å². The fraction of sp³-hybridized carbons (Fsp3) is 0.318. The van der Waals surface area contributed by atoms with Gasteiger partial charge in [0, 0.05) is 24.3 Å². The molecule has 1 amide bonds. The van der Waals surface area contributed by atoms with Gasteiger partial charge in [0.05, 0.1) is 18.2 Å². The molecule has 3 heterocycles. The number of hydrogen-bond acceptors (Lipinski definition) is 5. The van der Waals surface area contributed by atoms with E-state index >= 15 is 0 Å². The van der Waals surface area contributed by atoms with Gasteiger partial charge < -0.3 is 14.1 Å². The van der Waals surface area contributed by atoms with Crippen molar-refractivity contribution in [3.63, 3.8) is 0 Å². The quantitative estimate of drug-likeness (QED) is 0.628. The van der Waals surface area contributed by atoms with Crippen molar-refractivity contribution in [2.75, 3.05) is 6.54 Å². The Kier molecular flexibility index (Phi) is 4.86. The molecule has 6 heteroatoms. The fourth-order valence-corrected chi connectivity index (χ4v) is 3.38. The van der Waals surface area contributed by atoms with E-state index in [9.17, 15) is 9.59 Å². The molecule has 28 heavy (non-hydrogen) atoms. The minimum atomic E-state index is -0.394. The van der Waals surface area contributed by atoms with Crippen LogP contribution in [0.2, 0.25) is 0 Å². The van der Waals surface area contributed by atoms with Gasteiger partial charge in [0.2, 0.25) is 0 Å². The molecule has 0 saturated heterocycles. The van der Waals surface area contributed by atoms with Crippen LogP contribution in [-0.4, -0.2) is 34.4 Å². The molecule has 144 valence electrons. The Hall–Kier alpha value is -3.15. The van der Waals surface area contributed by atoms with Crippen LogP contribution >= 0.6 is 0 Å². The minimum absolute atomic E-state index is 0.0498. The molecule has 0 radical (unpaired) electrons. The number of benzene rings is 1. The molecule has 0 aliphatic carbocycles. The van der Waals surface area contributed by atoms with Crippen LogP contribution in [0.15, 0.2) is 47.1 Å². The van der Waals surface area contributed by atoms with Crippen molar-refractivity contribution in [1.29, 1.82) is 0 Å². The van der Waals surface area contributed by atoms with E-state index in [4.69, 9.17) is 9.15 Å². The highest BCUT2D eigenvalue weighted by Crippen LogP contribution is 2.27. The molecule has 2 aromatic heterocycles. The molecule has 0 N–H and O–H groups in total. The lowest BCUT2D eigenvalue weighted by Gasteiger charge is -2.27. The van der Waals surface area contributed by atoms with Crippen molar-refractivity contribution in [3.05, 3.63) is 65.2 Å². The Morgan fingerprint density at radius 2 is 2.21 bits per heavy atom. The second kappa shape index (κ2) is 7.46. The number of hydrogen-bond donors (Lipinski definition) is 0. The van der Waals surface area contributed by atoms with E-state index < -0.39 is 5.97 Å². The number of nitrogens with zero attached hydrogens (tertiary/aromatic N) is 2. The summed E-state index contributed by atoms with van der Waals surface area (Å²) in [4.78, 5) is 31.0. The molecular weight excluding hydrogens is 356 g/mol. The summed E-state index contributed by atoms with van der Waals surface area (Å²) in [7, 11) is 0. The molecule has 4 rings (SSSR count). The highest BCUT2D eigenvalue weighted by atomic mass is 16.5. The van der Waals surface area contributed by atoms with Gasteiger partial charge in [-0.1, -0.05) is 19.1 Å². The lowest BCUT2D eigenvalue weighted by Crippen LogP contribution is -2.37. The Bertz CT molecular complexity index is 1040. The number of rotatable bonds is 5. The average molecular weight is 378 g/mol. The minimum Gasteiger partial charge on any atom is -0.459 e. The lowest BCUT2D eigenvalue weighted by molar-refractivity contribution is 0.0335. The van der Waals surface area contributed by atoms with Gasteiger partial charge in [-0.15, -0.1) is 0 Å². The third-order valence-electron chi connectivity index (χ3n) is 5.12. The smallest absolute Gasteiger partial charge is 0.342 e. The maximum absolute atomic E-state index is 12.7. The molecule has 0 fully saturated rings. The zero-order valence-electron chi connectivity index (χ0n) is 16.0. The van der Waals surface area contributed by atoms with Crippen LogP contribution < -0.4 is 0 Å². The molecule has 1 atom stereocenters. The first-order valence-electron chi connectivity index (χ1n) is 9.51. The predicted molar refractivity (Wildman–Crippen MR) is 104 cm³/mol. The zero-order chi connectivity index (χ0) is 19.7.